The maximum atomic E-state index is 6.04. The molecule has 53 heavy (non-hydrogen) atoms. The number of unbranched alkanes of at least 4 members (excludes halogenated alkanes) is 1. The summed E-state index contributed by atoms with van der Waals surface area (Å²) in [5, 5.41) is 0. The highest BCUT2D eigenvalue weighted by Gasteiger charge is 2.18. The van der Waals surface area contributed by atoms with Crippen LogP contribution in [-0.2, 0) is 0 Å². The fourth-order valence-corrected chi connectivity index (χ4v) is 7.29. The largest absolute Gasteiger partial charge is 0.494 e. The van der Waals surface area contributed by atoms with Gasteiger partial charge in [0, 0.05) is 44.3 Å². The van der Waals surface area contributed by atoms with E-state index >= 15 is 0 Å². The van der Waals surface area contributed by atoms with E-state index in [1.807, 2.05) is 0 Å². The number of benzene rings is 4. The highest BCUT2D eigenvalue weighted by Crippen LogP contribution is 2.38. The van der Waals surface area contributed by atoms with Crippen molar-refractivity contribution in [1.82, 2.24) is 19.9 Å². The van der Waals surface area contributed by atoms with Crippen molar-refractivity contribution < 1.29 is 4.74 Å². The van der Waals surface area contributed by atoms with Crippen molar-refractivity contribution in [1.29, 1.82) is 0 Å². The van der Waals surface area contributed by atoms with Crippen LogP contribution in [0, 0.1) is 0 Å². The molecule has 0 atom stereocenters. The SMILES string of the molecule is CCCCOc1ccc(-c2c3nc(c(-c4ccccc4)c4ccc([nH]4)c(-c4ccccc4)c4nc(c(-c5ccccc5)c5ccc2[nH]5)C=C4)C=C3)cc1. The van der Waals surface area contributed by atoms with Crippen molar-refractivity contribution in [2.24, 2.45) is 0 Å². The minimum absolute atomic E-state index is 0.707. The minimum Gasteiger partial charge on any atom is -0.494 e. The number of nitrogens with one attached hydrogen (secondary N) is 2. The van der Waals surface area contributed by atoms with Gasteiger partial charge in [-0.2, -0.15) is 0 Å². The van der Waals surface area contributed by atoms with Crippen LogP contribution in [0.15, 0.2) is 140 Å². The van der Waals surface area contributed by atoms with Gasteiger partial charge >= 0.3 is 0 Å². The lowest BCUT2D eigenvalue weighted by molar-refractivity contribution is 0.309. The summed E-state index contributed by atoms with van der Waals surface area (Å²) >= 11 is 0. The van der Waals surface area contributed by atoms with Crippen LogP contribution in [0.25, 0.3) is 90.9 Å². The number of aromatic nitrogens is 4. The Kier molecular flexibility index (Phi) is 8.58. The van der Waals surface area contributed by atoms with Crippen LogP contribution in [0.5, 0.6) is 5.75 Å². The van der Waals surface area contributed by atoms with Gasteiger partial charge in [-0.3, -0.25) is 0 Å². The molecule has 2 aliphatic rings. The van der Waals surface area contributed by atoms with E-state index in [0.717, 1.165) is 108 Å². The zero-order valence-corrected chi connectivity index (χ0v) is 29.5. The van der Waals surface area contributed by atoms with Gasteiger partial charge in [0.2, 0.25) is 0 Å². The van der Waals surface area contributed by atoms with E-state index in [9.17, 15) is 0 Å². The molecule has 0 radical (unpaired) electrons. The molecule has 2 aliphatic heterocycles. The van der Waals surface area contributed by atoms with Crippen LogP contribution in [0.4, 0.5) is 0 Å². The van der Waals surface area contributed by atoms with Gasteiger partial charge in [0.25, 0.3) is 0 Å². The lowest BCUT2D eigenvalue weighted by Gasteiger charge is -2.08. The predicted molar refractivity (Wildman–Crippen MR) is 221 cm³/mol. The van der Waals surface area contributed by atoms with E-state index < -0.39 is 0 Å². The van der Waals surface area contributed by atoms with Gasteiger partial charge in [0.05, 0.1) is 29.4 Å². The van der Waals surface area contributed by atoms with Crippen molar-refractivity contribution >= 4 is 46.4 Å². The highest BCUT2D eigenvalue weighted by molar-refractivity contribution is 5.99. The van der Waals surface area contributed by atoms with Crippen LogP contribution >= 0.6 is 0 Å². The first-order valence-electron chi connectivity index (χ1n) is 18.3. The Morgan fingerprint density at radius 1 is 0.415 bits per heavy atom. The van der Waals surface area contributed by atoms with Gasteiger partial charge < -0.3 is 14.7 Å². The summed E-state index contributed by atoms with van der Waals surface area (Å²) in [5.41, 5.74) is 15.9. The Morgan fingerprint density at radius 2 is 0.755 bits per heavy atom. The molecular formula is C48H38N4O. The number of nitrogens with zero attached hydrogens (tertiary/aromatic N) is 2. The van der Waals surface area contributed by atoms with Gasteiger partial charge in [-0.1, -0.05) is 116 Å². The van der Waals surface area contributed by atoms with Gasteiger partial charge in [0.15, 0.2) is 0 Å². The molecule has 0 amide bonds. The highest BCUT2D eigenvalue weighted by atomic mass is 16.5. The van der Waals surface area contributed by atoms with Crippen molar-refractivity contribution in [2.75, 3.05) is 6.61 Å². The third-order valence-electron chi connectivity index (χ3n) is 9.85. The Morgan fingerprint density at radius 3 is 1.09 bits per heavy atom. The second-order valence-electron chi connectivity index (χ2n) is 13.3. The molecule has 3 aromatic heterocycles. The summed E-state index contributed by atoms with van der Waals surface area (Å²) in [4.78, 5) is 18.4. The minimum atomic E-state index is 0.707. The van der Waals surface area contributed by atoms with Crippen LogP contribution < -0.4 is 4.74 Å². The maximum Gasteiger partial charge on any atom is 0.119 e. The third-order valence-corrected chi connectivity index (χ3v) is 9.85. The molecule has 0 fully saturated rings. The molecule has 5 heteroatoms. The molecule has 7 aromatic rings. The molecule has 5 nitrogen and oxygen atoms in total. The molecule has 5 heterocycles. The van der Waals surface area contributed by atoms with Gasteiger partial charge in [-0.25, -0.2) is 9.97 Å². The predicted octanol–water partition coefficient (Wildman–Crippen LogP) is 12.5. The zero-order valence-electron chi connectivity index (χ0n) is 29.5. The molecule has 4 aromatic carbocycles. The number of fused-ring (bicyclic) bond motifs is 8. The fourth-order valence-electron chi connectivity index (χ4n) is 7.29. The van der Waals surface area contributed by atoms with E-state index in [-0.39, 0.29) is 0 Å². The Labute approximate surface area is 309 Å². The summed E-state index contributed by atoms with van der Waals surface area (Å²) in [6, 6.07) is 48.6. The lowest BCUT2D eigenvalue weighted by Crippen LogP contribution is -1.96. The lowest BCUT2D eigenvalue weighted by atomic mass is 10.0. The van der Waals surface area contributed by atoms with E-state index in [1.165, 1.54) is 0 Å². The standard InChI is InChI=1S/C48H38N4O/c1-2-3-31-53-36-21-19-35(20-22-36)48-43-29-27-41(51-43)46(33-15-9-5-10-16-33)39-25-23-37(49-39)45(32-13-7-4-8-14-32)38-24-26-40(50-38)47(34-17-11-6-12-18-34)42-28-30-44(48)52-42/h4-30,49,52H,2-3,31H2,1H3. The molecule has 0 saturated heterocycles. The first-order valence-corrected chi connectivity index (χ1v) is 18.3. The molecular weight excluding hydrogens is 649 g/mol. The second-order valence-corrected chi connectivity index (χ2v) is 13.3. The van der Waals surface area contributed by atoms with Crippen LogP contribution in [0.1, 0.15) is 42.5 Å². The Bertz CT molecular complexity index is 2610. The van der Waals surface area contributed by atoms with E-state index in [4.69, 9.17) is 14.7 Å². The van der Waals surface area contributed by atoms with E-state index in [0.29, 0.717) is 6.61 Å². The fraction of sp³-hybridized carbons (Fsp3) is 0.0833. The van der Waals surface area contributed by atoms with Crippen molar-refractivity contribution in [3.05, 3.63) is 162 Å². The molecule has 9 rings (SSSR count). The molecule has 8 bridgehead atoms. The molecule has 2 N–H and O–H groups in total. The normalized spacial score (nSPS) is 11.9. The summed E-state index contributed by atoms with van der Waals surface area (Å²) in [5.74, 6) is 0.867. The smallest absolute Gasteiger partial charge is 0.119 e. The number of aromatic amines is 2. The second kappa shape index (κ2) is 14.1. The third kappa shape index (κ3) is 6.27. The Balaban J connectivity index is 1.40. The topological polar surface area (TPSA) is 66.6 Å². The number of ether oxygens (including phenoxy) is 1. The van der Waals surface area contributed by atoms with Crippen molar-refractivity contribution in [2.45, 2.75) is 19.8 Å². The molecule has 0 aliphatic carbocycles. The summed E-state index contributed by atoms with van der Waals surface area (Å²) < 4.78 is 6.04. The van der Waals surface area contributed by atoms with Gasteiger partial charge in [-0.15, -0.1) is 0 Å². The zero-order chi connectivity index (χ0) is 35.6. The first-order chi connectivity index (χ1) is 26.2. The number of hydrogen-bond donors (Lipinski definition) is 2. The average Bonchev–Trinajstić information content (AvgIpc) is 4.05. The average molecular weight is 687 g/mol. The number of H-pyrrole nitrogens is 2. The van der Waals surface area contributed by atoms with Crippen LogP contribution in [0.3, 0.4) is 0 Å². The van der Waals surface area contributed by atoms with Crippen LogP contribution in [0.2, 0.25) is 0 Å². The summed E-state index contributed by atoms with van der Waals surface area (Å²) in [6.45, 7) is 2.88. The first kappa shape index (κ1) is 32.2. The van der Waals surface area contributed by atoms with Gasteiger partial charge in [-0.05, 0) is 89.4 Å². The summed E-state index contributed by atoms with van der Waals surface area (Å²) in [7, 11) is 0. The van der Waals surface area contributed by atoms with Crippen molar-refractivity contribution in [3.63, 3.8) is 0 Å². The summed E-state index contributed by atoms with van der Waals surface area (Å²) in [6.07, 6.45) is 10.7. The monoisotopic (exact) mass is 686 g/mol. The quantitative estimate of drug-likeness (QED) is 0.156. The van der Waals surface area contributed by atoms with E-state index in [2.05, 4.69) is 181 Å². The number of hydrogen-bond acceptors (Lipinski definition) is 3. The van der Waals surface area contributed by atoms with E-state index in [1.54, 1.807) is 0 Å². The maximum absolute atomic E-state index is 6.04. The molecule has 0 unspecified atom stereocenters. The molecule has 0 saturated carbocycles. The Hall–Kier alpha value is -6.72. The van der Waals surface area contributed by atoms with Gasteiger partial charge in [0.1, 0.15) is 5.75 Å². The molecule has 0 spiro atoms. The van der Waals surface area contributed by atoms with Crippen LogP contribution in [-0.4, -0.2) is 26.5 Å². The molecule has 256 valence electrons. The van der Waals surface area contributed by atoms with Crippen molar-refractivity contribution in [3.8, 4) is 50.3 Å². The number of rotatable bonds is 8.